The molecule has 0 radical (unpaired) electrons. The SMILES string of the molecule is O=C(NCCCn1cccn1)N[C@@H]1CCN(C(=O)C2CCCCC2)C1. The molecule has 1 aromatic rings. The molecule has 0 bridgehead atoms. The zero-order valence-corrected chi connectivity index (χ0v) is 14.8. The van der Waals surface area contributed by atoms with Crippen LogP contribution in [0.3, 0.4) is 0 Å². The van der Waals surface area contributed by atoms with Crippen molar-refractivity contribution in [3.05, 3.63) is 18.5 Å². The summed E-state index contributed by atoms with van der Waals surface area (Å²) in [4.78, 5) is 26.5. The van der Waals surface area contributed by atoms with Gasteiger partial charge in [0.1, 0.15) is 0 Å². The third kappa shape index (κ3) is 5.21. The van der Waals surface area contributed by atoms with Crippen LogP contribution >= 0.6 is 0 Å². The Morgan fingerprint density at radius 2 is 2.00 bits per heavy atom. The van der Waals surface area contributed by atoms with Crippen molar-refractivity contribution in [2.75, 3.05) is 19.6 Å². The maximum atomic E-state index is 12.5. The summed E-state index contributed by atoms with van der Waals surface area (Å²) in [7, 11) is 0. The zero-order valence-electron chi connectivity index (χ0n) is 14.8. The van der Waals surface area contributed by atoms with E-state index in [1.165, 1.54) is 19.3 Å². The molecule has 1 aromatic heterocycles. The van der Waals surface area contributed by atoms with Gasteiger partial charge in [-0.3, -0.25) is 9.48 Å². The number of aromatic nitrogens is 2. The summed E-state index contributed by atoms with van der Waals surface area (Å²) >= 11 is 0. The van der Waals surface area contributed by atoms with E-state index in [0.717, 1.165) is 38.8 Å². The number of nitrogens with zero attached hydrogens (tertiary/aromatic N) is 3. The minimum absolute atomic E-state index is 0.0682. The van der Waals surface area contributed by atoms with Crippen LogP contribution in [-0.4, -0.2) is 52.3 Å². The summed E-state index contributed by atoms with van der Waals surface area (Å²) in [5.41, 5.74) is 0. The van der Waals surface area contributed by atoms with Gasteiger partial charge in [-0.05, 0) is 31.7 Å². The van der Waals surface area contributed by atoms with Crippen LogP contribution in [0.2, 0.25) is 0 Å². The van der Waals surface area contributed by atoms with Crippen LogP contribution in [0, 0.1) is 5.92 Å². The van der Waals surface area contributed by atoms with Gasteiger partial charge in [0.15, 0.2) is 0 Å². The number of hydrogen-bond acceptors (Lipinski definition) is 3. The van der Waals surface area contributed by atoms with Gasteiger partial charge in [-0.25, -0.2) is 4.79 Å². The average molecular weight is 347 g/mol. The zero-order chi connectivity index (χ0) is 17.5. The van der Waals surface area contributed by atoms with Gasteiger partial charge in [-0.2, -0.15) is 5.10 Å². The van der Waals surface area contributed by atoms with E-state index in [1.54, 1.807) is 6.20 Å². The second-order valence-corrected chi connectivity index (χ2v) is 7.13. The Kier molecular flexibility index (Phi) is 6.30. The summed E-state index contributed by atoms with van der Waals surface area (Å²) in [6, 6.07) is 1.82. The topological polar surface area (TPSA) is 79.3 Å². The average Bonchev–Trinajstić information content (AvgIpc) is 3.31. The lowest BCUT2D eigenvalue weighted by atomic mass is 9.88. The maximum absolute atomic E-state index is 12.5. The molecular formula is C18H29N5O2. The molecule has 3 rings (SSSR count). The van der Waals surface area contributed by atoms with Crippen molar-refractivity contribution in [3.63, 3.8) is 0 Å². The number of hydrogen-bond donors (Lipinski definition) is 2. The Hall–Kier alpha value is -2.05. The molecule has 1 aliphatic carbocycles. The highest BCUT2D eigenvalue weighted by Crippen LogP contribution is 2.26. The van der Waals surface area contributed by atoms with E-state index in [9.17, 15) is 9.59 Å². The fourth-order valence-electron chi connectivity index (χ4n) is 3.80. The molecule has 3 amide bonds. The Morgan fingerprint density at radius 3 is 2.76 bits per heavy atom. The number of carbonyl (C=O) groups is 2. The summed E-state index contributed by atoms with van der Waals surface area (Å²) in [5.74, 6) is 0.507. The number of likely N-dealkylation sites (tertiary alicyclic amines) is 1. The molecule has 7 heteroatoms. The highest BCUT2D eigenvalue weighted by Gasteiger charge is 2.31. The smallest absolute Gasteiger partial charge is 0.315 e. The lowest BCUT2D eigenvalue weighted by molar-refractivity contribution is -0.135. The van der Waals surface area contributed by atoms with Gasteiger partial charge in [0.25, 0.3) is 0 Å². The molecule has 7 nitrogen and oxygen atoms in total. The van der Waals surface area contributed by atoms with Crippen LogP contribution in [0.5, 0.6) is 0 Å². The highest BCUT2D eigenvalue weighted by atomic mass is 16.2. The van der Waals surface area contributed by atoms with Crippen LogP contribution in [0.25, 0.3) is 0 Å². The standard InChI is InChI=1S/C18H29N5O2/c24-17(15-6-2-1-3-7-15)22-13-8-16(14-22)21-18(25)19-9-4-11-23-12-5-10-20-23/h5,10,12,15-16H,1-4,6-9,11,13-14H2,(H2,19,21,25)/t16-/m1/s1. The van der Waals surface area contributed by atoms with E-state index in [2.05, 4.69) is 15.7 Å². The molecule has 2 fully saturated rings. The maximum Gasteiger partial charge on any atom is 0.315 e. The number of amides is 3. The summed E-state index contributed by atoms with van der Waals surface area (Å²) < 4.78 is 1.85. The monoisotopic (exact) mass is 347 g/mol. The van der Waals surface area contributed by atoms with Crippen molar-refractivity contribution >= 4 is 11.9 Å². The molecule has 25 heavy (non-hydrogen) atoms. The third-order valence-corrected chi connectivity index (χ3v) is 5.20. The van der Waals surface area contributed by atoms with Crippen molar-refractivity contribution in [3.8, 4) is 0 Å². The van der Waals surface area contributed by atoms with E-state index in [-0.39, 0.29) is 18.0 Å². The molecule has 1 saturated heterocycles. The molecule has 1 aliphatic heterocycles. The highest BCUT2D eigenvalue weighted by molar-refractivity contribution is 5.79. The van der Waals surface area contributed by atoms with Gasteiger partial charge in [0, 0.05) is 50.5 Å². The minimum atomic E-state index is -0.141. The van der Waals surface area contributed by atoms with Gasteiger partial charge in [0.05, 0.1) is 0 Å². The summed E-state index contributed by atoms with van der Waals surface area (Å²) in [6.07, 6.45) is 11.0. The molecular weight excluding hydrogens is 318 g/mol. The first-order valence-electron chi connectivity index (χ1n) is 9.53. The quantitative estimate of drug-likeness (QED) is 0.770. The second kappa shape index (κ2) is 8.87. The molecule has 0 spiro atoms. The third-order valence-electron chi connectivity index (χ3n) is 5.20. The molecule has 138 valence electrons. The lowest BCUT2D eigenvalue weighted by Gasteiger charge is -2.26. The Labute approximate surface area is 149 Å². The van der Waals surface area contributed by atoms with Crippen molar-refractivity contribution in [1.29, 1.82) is 0 Å². The van der Waals surface area contributed by atoms with Crippen LogP contribution in [0.1, 0.15) is 44.9 Å². The van der Waals surface area contributed by atoms with E-state index >= 15 is 0 Å². The minimum Gasteiger partial charge on any atom is -0.340 e. The number of aryl methyl sites for hydroxylation is 1. The van der Waals surface area contributed by atoms with Crippen LogP contribution in [0.4, 0.5) is 4.79 Å². The molecule has 0 unspecified atom stereocenters. The largest absolute Gasteiger partial charge is 0.340 e. The molecule has 2 aliphatic rings. The van der Waals surface area contributed by atoms with Gasteiger partial charge >= 0.3 is 6.03 Å². The van der Waals surface area contributed by atoms with E-state index < -0.39 is 0 Å². The van der Waals surface area contributed by atoms with Gasteiger partial charge in [0.2, 0.25) is 5.91 Å². The number of rotatable bonds is 6. The van der Waals surface area contributed by atoms with Gasteiger partial charge in [-0.1, -0.05) is 19.3 Å². The summed E-state index contributed by atoms with van der Waals surface area (Å²) in [6.45, 7) is 2.82. The number of carbonyl (C=O) groups excluding carboxylic acids is 2. The van der Waals surface area contributed by atoms with Crippen LogP contribution in [-0.2, 0) is 11.3 Å². The predicted octanol–water partition coefficient (Wildman–Crippen LogP) is 1.75. The van der Waals surface area contributed by atoms with Crippen molar-refractivity contribution in [1.82, 2.24) is 25.3 Å². The number of urea groups is 1. The van der Waals surface area contributed by atoms with Crippen molar-refractivity contribution in [2.45, 2.75) is 57.5 Å². The molecule has 2 heterocycles. The number of nitrogens with one attached hydrogen (secondary N) is 2. The van der Waals surface area contributed by atoms with E-state index in [1.807, 2.05) is 21.8 Å². The first-order valence-corrected chi connectivity index (χ1v) is 9.53. The first-order chi connectivity index (χ1) is 12.2. The van der Waals surface area contributed by atoms with Crippen LogP contribution in [0.15, 0.2) is 18.5 Å². The van der Waals surface area contributed by atoms with Gasteiger partial charge < -0.3 is 15.5 Å². The predicted molar refractivity (Wildman–Crippen MR) is 94.9 cm³/mol. The molecule has 0 aromatic carbocycles. The molecule has 1 atom stereocenters. The van der Waals surface area contributed by atoms with E-state index in [4.69, 9.17) is 0 Å². The summed E-state index contributed by atoms with van der Waals surface area (Å²) in [5, 5.41) is 10.0. The Morgan fingerprint density at radius 1 is 1.16 bits per heavy atom. The van der Waals surface area contributed by atoms with Crippen molar-refractivity contribution in [2.24, 2.45) is 5.92 Å². The normalized spacial score (nSPS) is 21.3. The Balaban J connectivity index is 1.31. The lowest BCUT2D eigenvalue weighted by Crippen LogP contribution is -2.44. The molecule has 2 N–H and O–H groups in total. The fourth-order valence-corrected chi connectivity index (χ4v) is 3.80. The van der Waals surface area contributed by atoms with Crippen molar-refractivity contribution < 1.29 is 9.59 Å². The second-order valence-electron chi connectivity index (χ2n) is 7.13. The fraction of sp³-hybridized carbons (Fsp3) is 0.722. The first kappa shape index (κ1) is 17.8. The van der Waals surface area contributed by atoms with Gasteiger partial charge in [-0.15, -0.1) is 0 Å². The Bertz CT molecular complexity index is 554. The van der Waals surface area contributed by atoms with Crippen LogP contribution < -0.4 is 10.6 Å². The van der Waals surface area contributed by atoms with E-state index in [0.29, 0.717) is 19.0 Å². The molecule has 1 saturated carbocycles.